The first-order valence-electron chi connectivity index (χ1n) is 18.2. The van der Waals surface area contributed by atoms with Gasteiger partial charge in [0.15, 0.2) is 0 Å². The predicted molar refractivity (Wildman–Crippen MR) is 187 cm³/mol. The largest absolute Gasteiger partial charge is 0.258 e. The van der Waals surface area contributed by atoms with Crippen LogP contribution in [0, 0.1) is 0 Å². The van der Waals surface area contributed by atoms with Crippen molar-refractivity contribution >= 4 is 0 Å². The van der Waals surface area contributed by atoms with Gasteiger partial charge in [0, 0.05) is 5.41 Å². The second-order valence-electron chi connectivity index (χ2n) is 13.8. The Morgan fingerprint density at radius 3 is 1.58 bits per heavy atom. The Kier molecular flexibility index (Phi) is 16.8. The molecule has 0 bridgehead atoms. The fourth-order valence-corrected chi connectivity index (χ4v) is 7.18. The second-order valence-corrected chi connectivity index (χ2v) is 13.8. The van der Waals surface area contributed by atoms with Crippen LogP contribution in [0.5, 0.6) is 0 Å². The molecule has 2 unspecified atom stereocenters. The third-order valence-electron chi connectivity index (χ3n) is 9.84. The molecular formula is C41H65N2+. The number of hydrogen-bond donors (Lipinski definition) is 1. The Morgan fingerprint density at radius 2 is 1.09 bits per heavy atom. The molecule has 0 saturated heterocycles. The number of nitrogens with one attached hydrogen (secondary N) is 1. The van der Waals surface area contributed by atoms with E-state index in [1.807, 2.05) is 0 Å². The van der Waals surface area contributed by atoms with E-state index in [0.717, 1.165) is 6.42 Å². The van der Waals surface area contributed by atoms with Gasteiger partial charge in [0.1, 0.15) is 12.4 Å². The molecule has 2 aromatic carbocycles. The number of unbranched alkanes of at least 4 members (excludes halogenated alkanes) is 16. The minimum absolute atomic E-state index is 0.000834. The van der Waals surface area contributed by atoms with Crippen molar-refractivity contribution in [2.75, 3.05) is 0 Å². The van der Waals surface area contributed by atoms with Crippen LogP contribution in [-0.2, 0) is 11.8 Å². The lowest BCUT2D eigenvalue weighted by Gasteiger charge is -2.37. The summed E-state index contributed by atoms with van der Waals surface area (Å²) in [6, 6.07) is 22.9. The molecule has 2 nitrogen and oxygen atoms in total. The number of hydrogen-bond acceptors (Lipinski definition) is 0. The number of H-pyrrole nitrogens is 1. The van der Waals surface area contributed by atoms with Crippen molar-refractivity contribution in [3.8, 4) is 0 Å². The third kappa shape index (κ3) is 12.3. The Bertz CT molecular complexity index is 1070. The molecule has 2 atom stereocenters. The minimum Gasteiger partial charge on any atom is -0.247 e. The summed E-state index contributed by atoms with van der Waals surface area (Å²) in [7, 11) is 0. The third-order valence-corrected chi connectivity index (χ3v) is 9.84. The van der Waals surface area contributed by atoms with E-state index in [9.17, 15) is 0 Å². The van der Waals surface area contributed by atoms with Gasteiger partial charge in [-0.05, 0) is 37.8 Å². The van der Waals surface area contributed by atoms with Gasteiger partial charge in [0.05, 0.1) is 12.0 Å². The first-order valence-corrected chi connectivity index (χ1v) is 18.2. The molecular weight excluding hydrogens is 520 g/mol. The summed E-state index contributed by atoms with van der Waals surface area (Å²) in [5.74, 6) is 1.80. The zero-order chi connectivity index (χ0) is 30.6. The second kappa shape index (κ2) is 20.6. The molecule has 0 aliphatic carbocycles. The van der Waals surface area contributed by atoms with Crippen LogP contribution in [0.25, 0.3) is 0 Å². The Balaban J connectivity index is 1.47. The van der Waals surface area contributed by atoms with Crippen LogP contribution < -0.4 is 4.57 Å². The highest BCUT2D eigenvalue weighted by Gasteiger charge is 2.42. The molecule has 0 aliphatic rings. The van der Waals surface area contributed by atoms with Crippen molar-refractivity contribution in [1.82, 2.24) is 4.98 Å². The summed E-state index contributed by atoms with van der Waals surface area (Å²) in [5.41, 5.74) is 2.86. The van der Waals surface area contributed by atoms with Crippen molar-refractivity contribution in [3.63, 3.8) is 0 Å². The number of imidazole rings is 1. The molecule has 0 spiro atoms. The van der Waals surface area contributed by atoms with Crippen molar-refractivity contribution in [2.45, 2.75) is 167 Å². The summed E-state index contributed by atoms with van der Waals surface area (Å²) >= 11 is 0. The predicted octanol–water partition coefficient (Wildman–Crippen LogP) is 12.2. The highest BCUT2D eigenvalue weighted by atomic mass is 15.1. The van der Waals surface area contributed by atoms with Crippen molar-refractivity contribution in [1.29, 1.82) is 0 Å². The Hall–Kier alpha value is -2.35. The lowest BCUT2D eigenvalue weighted by Crippen LogP contribution is -2.45. The van der Waals surface area contributed by atoms with Crippen molar-refractivity contribution < 1.29 is 4.57 Å². The van der Waals surface area contributed by atoms with E-state index in [0.29, 0.717) is 12.0 Å². The fourth-order valence-electron chi connectivity index (χ4n) is 7.18. The number of aromatic amines is 1. The molecule has 43 heavy (non-hydrogen) atoms. The molecule has 1 heterocycles. The maximum absolute atomic E-state index is 3.72. The summed E-state index contributed by atoms with van der Waals surface area (Å²) in [5, 5.41) is 0. The van der Waals surface area contributed by atoms with E-state index in [4.69, 9.17) is 0 Å². The highest BCUT2D eigenvalue weighted by Crippen LogP contribution is 2.43. The molecule has 3 aromatic rings. The molecule has 238 valence electrons. The average Bonchev–Trinajstić information content (AvgIpc) is 3.51. The van der Waals surface area contributed by atoms with Gasteiger partial charge in [-0.2, -0.15) is 0 Å². The molecule has 0 fully saturated rings. The van der Waals surface area contributed by atoms with Crippen LogP contribution in [-0.4, -0.2) is 4.98 Å². The van der Waals surface area contributed by atoms with E-state index in [-0.39, 0.29) is 5.41 Å². The summed E-state index contributed by atoms with van der Waals surface area (Å²) in [6.07, 6.45) is 30.8. The van der Waals surface area contributed by atoms with Gasteiger partial charge in [0.2, 0.25) is 0 Å². The summed E-state index contributed by atoms with van der Waals surface area (Å²) in [6.45, 7) is 9.43. The summed E-state index contributed by atoms with van der Waals surface area (Å²) < 4.78 is 2.48. The van der Waals surface area contributed by atoms with Crippen LogP contribution in [0.4, 0.5) is 0 Å². The quantitative estimate of drug-likeness (QED) is 0.0797. The van der Waals surface area contributed by atoms with Crippen LogP contribution in [0.3, 0.4) is 0 Å². The van der Waals surface area contributed by atoms with Gasteiger partial charge in [-0.3, -0.25) is 0 Å². The van der Waals surface area contributed by atoms with Gasteiger partial charge in [0.25, 0.3) is 5.82 Å². The maximum Gasteiger partial charge on any atom is 0.258 e. The first kappa shape index (κ1) is 35.1. The molecule has 1 N–H and O–H groups in total. The maximum atomic E-state index is 3.72. The molecule has 0 amide bonds. The van der Waals surface area contributed by atoms with E-state index >= 15 is 0 Å². The van der Waals surface area contributed by atoms with Crippen LogP contribution >= 0.6 is 0 Å². The van der Waals surface area contributed by atoms with Crippen LogP contribution in [0.15, 0.2) is 73.1 Å². The zero-order valence-corrected chi connectivity index (χ0v) is 28.5. The number of aromatic nitrogens is 2. The van der Waals surface area contributed by atoms with Gasteiger partial charge in [-0.25, -0.2) is 9.55 Å². The first-order chi connectivity index (χ1) is 21.1. The van der Waals surface area contributed by atoms with Gasteiger partial charge >= 0.3 is 0 Å². The standard InChI is InChI=1S/C41H64N2/c1-5-6-7-8-9-10-11-12-13-14-15-16-17-18-19-20-27-32-39(40-42-33-34-43(40)36(2)3)41(4,38-30-25-22-26-31-38)35-37-28-23-21-24-29-37/h21-26,28-31,33-34,36,39H,5-20,27,32,35H2,1-4H3/p+1. The smallest absolute Gasteiger partial charge is 0.247 e. The fraction of sp³-hybridized carbons (Fsp3) is 0.634. The Labute approximate surface area is 266 Å². The Morgan fingerprint density at radius 1 is 0.628 bits per heavy atom. The van der Waals surface area contributed by atoms with Crippen LogP contribution in [0.1, 0.15) is 172 Å². The average molecular weight is 586 g/mol. The van der Waals surface area contributed by atoms with E-state index < -0.39 is 0 Å². The monoisotopic (exact) mass is 586 g/mol. The zero-order valence-electron chi connectivity index (χ0n) is 28.5. The van der Waals surface area contributed by atoms with Crippen molar-refractivity contribution in [2.24, 2.45) is 0 Å². The van der Waals surface area contributed by atoms with Crippen molar-refractivity contribution in [3.05, 3.63) is 90.0 Å². The van der Waals surface area contributed by atoms with Gasteiger partial charge < -0.3 is 0 Å². The topological polar surface area (TPSA) is 19.7 Å². The lowest BCUT2D eigenvalue weighted by atomic mass is 9.66. The molecule has 0 saturated carbocycles. The molecule has 3 rings (SSSR count). The highest BCUT2D eigenvalue weighted by molar-refractivity contribution is 5.32. The van der Waals surface area contributed by atoms with Gasteiger partial charge in [-0.1, -0.05) is 184 Å². The number of rotatable bonds is 24. The summed E-state index contributed by atoms with van der Waals surface area (Å²) in [4.78, 5) is 3.72. The normalized spacial score (nSPS) is 13.8. The number of nitrogens with zero attached hydrogens (tertiary/aromatic N) is 1. The number of benzene rings is 2. The van der Waals surface area contributed by atoms with E-state index in [2.05, 4.69) is 110 Å². The minimum atomic E-state index is -0.000834. The molecule has 2 heteroatoms. The van der Waals surface area contributed by atoms with Crippen LogP contribution in [0.2, 0.25) is 0 Å². The molecule has 0 radical (unpaired) electrons. The SMILES string of the molecule is CCCCCCCCCCCCCCCCCCCC(c1[nH]cc[n+]1C(C)C)C(C)(Cc1ccccc1)c1ccccc1. The van der Waals surface area contributed by atoms with Gasteiger partial charge in [-0.15, -0.1) is 0 Å². The molecule has 0 aliphatic heterocycles. The van der Waals surface area contributed by atoms with E-state index in [1.165, 1.54) is 133 Å². The van der Waals surface area contributed by atoms with E-state index in [1.54, 1.807) is 0 Å². The lowest BCUT2D eigenvalue weighted by molar-refractivity contribution is -0.723. The molecule has 1 aromatic heterocycles.